The van der Waals surface area contributed by atoms with Crippen LogP contribution in [0.2, 0.25) is 0 Å². The Labute approximate surface area is 262 Å². The first kappa shape index (κ1) is 36.3. The summed E-state index contributed by atoms with van der Waals surface area (Å²) in [5, 5.41) is 9.62. The number of anilines is 1. The van der Waals surface area contributed by atoms with Crippen molar-refractivity contribution in [3.8, 4) is 11.6 Å². The summed E-state index contributed by atoms with van der Waals surface area (Å²) in [7, 11) is 0. The second kappa shape index (κ2) is 14.5. The first-order valence-corrected chi connectivity index (χ1v) is 14.3. The minimum Gasteiger partial charge on any atom is -0.444 e. The molecular formula is C32H36F6N4O4. The van der Waals surface area contributed by atoms with E-state index in [1.54, 1.807) is 30.3 Å². The number of halogens is 6. The molecule has 0 fully saturated rings. The monoisotopic (exact) mass is 654 g/mol. The molecule has 2 heterocycles. The summed E-state index contributed by atoms with van der Waals surface area (Å²) in [6, 6.07) is 8.72. The molecule has 0 bridgehead atoms. The third-order valence-electron chi connectivity index (χ3n) is 6.72. The fourth-order valence-electron chi connectivity index (χ4n) is 4.46. The van der Waals surface area contributed by atoms with Gasteiger partial charge in [0.2, 0.25) is 5.60 Å². The molecule has 1 amide bonds. The molecule has 250 valence electrons. The minimum atomic E-state index is -5.08. The van der Waals surface area contributed by atoms with Crippen LogP contribution >= 0.6 is 0 Å². The van der Waals surface area contributed by atoms with E-state index < -0.39 is 83.0 Å². The molecule has 2 unspecified atom stereocenters. The van der Waals surface area contributed by atoms with E-state index in [2.05, 4.69) is 33.7 Å². The molecule has 0 aliphatic rings. The number of pyridine rings is 1. The number of nitrogens with zero attached hydrogens (tertiary/aromatic N) is 3. The van der Waals surface area contributed by atoms with Crippen molar-refractivity contribution >= 4 is 11.8 Å². The van der Waals surface area contributed by atoms with Gasteiger partial charge in [-0.05, 0) is 64.0 Å². The number of hydrogen-bond donors (Lipinski definition) is 1. The highest BCUT2D eigenvalue weighted by atomic mass is 19.4. The maximum atomic E-state index is 14.9. The minimum absolute atomic E-state index is 0.166. The molecule has 14 heteroatoms. The molecule has 1 N–H and O–H groups in total. The molecule has 8 nitrogen and oxygen atoms in total. The lowest BCUT2D eigenvalue weighted by Crippen LogP contribution is -2.45. The zero-order chi connectivity index (χ0) is 34.3. The van der Waals surface area contributed by atoms with Gasteiger partial charge in [-0.1, -0.05) is 49.4 Å². The smallest absolute Gasteiger partial charge is 0.426 e. The van der Waals surface area contributed by atoms with E-state index in [1.807, 2.05) is 0 Å². The molecule has 0 aliphatic heterocycles. The lowest BCUT2D eigenvalue weighted by molar-refractivity contribution is -0.299. The first-order chi connectivity index (χ1) is 21.4. The molecule has 3 aromatic rings. The van der Waals surface area contributed by atoms with Crippen LogP contribution in [0.4, 0.5) is 36.8 Å². The van der Waals surface area contributed by atoms with Gasteiger partial charge in [0.05, 0.1) is 23.6 Å². The van der Waals surface area contributed by atoms with Crippen molar-refractivity contribution in [2.24, 2.45) is 0 Å². The zero-order valence-corrected chi connectivity index (χ0v) is 25.9. The van der Waals surface area contributed by atoms with Crippen molar-refractivity contribution in [1.29, 1.82) is 0 Å². The van der Waals surface area contributed by atoms with Gasteiger partial charge in [-0.3, -0.25) is 5.32 Å². The van der Waals surface area contributed by atoms with E-state index in [4.69, 9.17) is 13.9 Å². The fraction of sp³-hybridized carbons (Fsp3) is 0.438. The number of carbonyl (C=O) groups is 1. The molecule has 2 aromatic heterocycles. The second-order valence-corrected chi connectivity index (χ2v) is 11.5. The van der Waals surface area contributed by atoms with Crippen LogP contribution in [0.15, 0.2) is 66.1 Å². The first-order valence-electron chi connectivity index (χ1n) is 14.3. The van der Waals surface area contributed by atoms with Crippen LogP contribution in [0.25, 0.3) is 11.6 Å². The summed E-state index contributed by atoms with van der Waals surface area (Å²) >= 11 is 0. The maximum Gasteiger partial charge on any atom is 0.426 e. The van der Waals surface area contributed by atoms with Gasteiger partial charge in [0.15, 0.2) is 5.69 Å². The molecule has 0 saturated carbocycles. The molecule has 0 radical (unpaired) electrons. The topological polar surface area (TPSA) is 99.4 Å². The van der Waals surface area contributed by atoms with Gasteiger partial charge in [0.1, 0.15) is 5.60 Å². The highest BCUT2D eigenvalue weighted by Gasteiger charge is 2.61. The van der Waals surface area contributed by atoms with E-state index >= 15 is 0 Å². The van der Waals surface area contributed by atoms with Crippen LogP contribution in [-0.4, -0.2) is 33.1 Å². The molecule has 3 rings (SSSR count). The normalized spacial score (nSPS) is 14.3. The van der Waals surface area contributed by atoms with E-state index in [0.717, 1.165) is 0 Å². The number of rotatable bonds is 13. The quantitative estimate of drug-likeness (QED) is 0.145. The van der Waals surface area contributed by atoms with Gasteiger partial charge < -0.3 is 13.9 Å². The Balaban J connectivity index is 2.24. The molecule has 0 aliphatic carbocycles. The Hall–Kier alpha value is -4.20. The Morgan fingerprint density at radius 3 is 2.24 bits per heavy atom. The number of amides is 1. The van der Waals surface area contributed by atoms with Crippen LogP contribution in [0, 0.1) is 0 Å². The van der Waals surface area contributed by atoms with Crippen molar-refractivity contribution in [3.05, 3.63) is 84.4 Å². The number of ether oxygens (including phenoxy) is 2. The van der Waals surface area contributed by atoms with Crippen molar-refractivity contribution in [2.75, 3.05) is 5.32 Å². The predicted molar refractivity (Wildman–Crippen MR) is 159 cm³/mol. The largest absolute Gasteiger partial charge is 0.444 e. The van der Waals surface area contributed by atoms with Gasteiger partial charge in [-0.25, -0.2) is 9.78 Å². The van der Waals surface area contributed by atoms with Crippen molar-refractivity contribution in [3.63, 3.8) is 0 Å². The Morgan fingerprint density at radius 1 is 1.02 bits per heavy atom. The van der Waals surface area contributed by atoms with E-state index in [-0.39, 0.29) is 12.8 Å². The van der Waals surface area contributed by atoms with Crippen LogP contribution in [-0.2, 0) is 27.9 Å². The molecule has 1 aromatic carbocycles. The Kier molecular flexibility index (Phi) is 11.4. The zero-order valence-electron chi connectivity index (χ0n) is 25.9. The summed E-state index contributed by atoms with van der Waals surface area (Å²) in [4.78, 5) is 16.8. The van der Waals surface area contributed by atoms with E-state index in [9.17, 15) is 31.1 Å². The van der Waals surface area contributed by atoms with Crippen LogP contribution in [0.3, 0.4) is 0 Å². The summed E-state index contributed by atoms with van der Waals surface area (Å²) in [6.45, 7) is 12.7. The second-order valence-electron chi connectivity index (χ2n) is 11.5. The van der Waals surface area contributed by atoms with Crippen LogP contribution in [0.1, 0.15) is 82.0 Å². The third kappa shape index (κ3) is 8.95. The Bertz CT molecular complexity index is 1500. The van der Waals surface area contributed by atoms with Crippen LogP contribution in [0.5, 0.6) is 0 Å². The number of nitrogens with one attached hydrogen (secondary N) is 1. The van der Waals surface area contributed by atoms with E-state index in [0.29, 0.717) is 18.1 Å². The fourth-order valence-corrected chi connectivity index (χ4v) is 4.46. The summed E-state index contributed by atoms with van der Waals surface area (Å²) in [5.74, 6) is -2.47. The maximum absolute atomic E-state index is 14.9. The lowest BCUT2D eigenvalue weighted by atomic mass is 9.95. The van der Waals surface area contributed by atoms with Gasteiger partial charge in [0.25, 0.3) is 11.8 Å². The predicted octanol–water partition coefficient (Wildman–Crippen LogP) is 9.51. The number of alkyl halides is 6. The molecule has 0 spiro atoms. The number of benzene rings is 1. The molecule has 2 atom stereocenters. The van der Waals surface area contributed by atoms with Crippen molar-refractivity contribution in [2.45, 2.75) is 89.5 Å². The van der Waals surface area contributed by atoms with Gasteiger partial charge in [0, 0.05) is 0 Å². The average Bonchev–Trinajstić information content (AvgIpc) is 3.44. The lowest BCUT2D eigenvalue weighted by Gasteiger charge is -2.32. The molecular weight excluding hydrogens is 618 g/mol. The summed E-state index contributed by atoms with van der Waals surface area (Å²) in [5.41, 5.74) is -6.37. The van der Waals surface area contributed by atoms with Gasteiger partial charge >= 0.3 is 18.4 Å². The van der Waals surface area contributed by atoms with Crippen LogP contribution < -0.4 is 5.32 Å². The van der Waals surface area contributed by atoms with E-state index in [1.165, 1.54) is 39.8 Å². The van der Waals surface area contributed by atoms with Gasteiger partial charge in [-0.2, -0.15) is 26.3 Å². The summed E-state index contributed by atoms with van der Waals surface area (Å²) < 4.78 is 104. The summed E-state index contributed by atoms with van der Waals surface area (Å²) in [6.07, 6.45) is -8.61. The number of hydrogen-bond acceptors (Lipinski definition) is 7. The number of aromatic nitrogens is 3. The van der Waals surface area contributed by atoms with Crippen molar-refractivity contribution < 1.29 is 45.0 Å². The van der Waals surface area contributed by atoms with Gasteiger partial charge in [-0.15, -0.1) is 23.4 Å². The highest BCUT2D eigenvalue weighted by Crippen LogP contribution is 2.47. The Morgan fingerprint density at radius 2 is 1.67 bits per heavy atom. The molecule has 46 heavy (non-hydrogen) atoms. The number of allylic oxidation sites excluding steroid dienone is 2. The molecule has 0 saturated heterocycles. The number of carbonyl (C=O) groups excluding carboxylic acids is 1. The van der Waals surface area contributed by atoms with Crippen molar-refractivity contribution in [1.82, 2.24) is 15.2 Å². The highest BCUT2D eigenvalue weighted by molar-refractivity contribution is 5.89. The standard InChI is InChI=1S/C32H36F6N4O4/c1-7-9-14-20(3)24-22(31(33,34)35)18-23(39-28(43)46-29(4,5)6)25(40-24)26-41-42-27(45-26)30(17-10-8-2,32(36,37)38)44-19-21-15-12-11-13-16-21/h7-8,11-13,15-16,18,20H,1-2,9-10,14,17,19H2,3-6H3,(H,39,43). The SMILES string of the molecule is C=CCCC(C)c1nc(-c2nnc(C(CCC=C)(OCc3ccccc3)C(F)(F)F)o2)c(NC(=O)OC(C)(C)C)cc1C(F)(F)F. The average molecular weight is 655 g/mol. The third-order valence-corrected chi connectivity index (χ3v) is 6.72.